The monoisotopic (exact) mass is 422 g/mol. The van der Waals surface area contributed by atoms with E-state index in [0.717, 1.165) is 21.1 Å². The summed E-state index contributed by atoms with van der Waals surface area (Å²) in [7, 11) is 0. The fourth-order valence-corrected chi connectivity index (χ4v) is 3.25. The number of aliphatic hydroxyl groups is 1. The van der Waals surface area contributed by atoms with Gasteiger partial charge in [-0.2, -0.15) is 13.2 Å². The van der Waals surface area contributed by atoms with Gasteiger partial charge in [-0.05, 0) is 35.4 Å². The average Bonchev–Trinajstić information content (AvgIpc) is 2.38. The van der Waals surface area contributed by atoms with E-state index in [1.54, 1.807) is 12.1 Å². The van der Waals surface area contributed by atoms with E-state index in [0.29, 0.717) is 11.1 Å². The van der Waals surface area contributed by atoms with Crippen molar-refractivity contribution >= 4 is 31.9 Å². The Morgan fingerprint density at radius 1 is 1.00 bits per heavy atom. The van der Waals surface area contributed by atoms with E-state index in [9.17, 15) is 18.3 Å². The molecular weight excluding hydrogens is 413 g/mol. The topological polar surface area (TPSA) is 20.2 Å². The van der Waals surface area contributed by atoms with Gasteiger partial charge in [0.15, 0.2) is 0 Å². The number of halogens is 5. The molecule has 1 atom stereocenters. The second kappa shape index (κ2) is 6.50. The third-order valence-electron chi connectivity index (χ3n) is 3.03. The van der Waals surface area contributed by atoms with Crippen molar-refractivity contribution in [3.05, 3.63) is 68.1 Å². The lowest BCUT2D eigenvalue weighted by molar-refractivity contribution is -0.137. The molecule has 2 rings (SSSR count). The van der Waals surface area contributed by atoms with Gasteiger partial charge in [0.2, 0.25) is 0 Å². The Hall–Kier alpha value is -0.850. The van der Waals surface area contributed by atoms with Crippen molar-refractivity contribution in [1.82, 2.24) is 0 Å². The summed E-state index contributed by atoms with van der Waals surface area (Å²) >= 11 is 6.68. The predicted octanol–water partition coefficient (Wildman–Crippen LogP) is 5.51. The van der Waals surface area contributed by atoms with E-state index < -0.39 is 17.8 Å². The summed E-state index contributed by atoms with van der Waals surface area (Å²) in [4.78, 5) is 0. The number of hydrogen-bond acceptors (Lipinski definition) is 1. The summed E-state index contributed by atoms with van der Waals surface area (Å²) < 4.78 is 39.1. The maximum Gasteiger partial charge on any atom is 0.416 e. The third-order valence-corrected chi connectivity index (χ3v) is 4.21. The molecule has 0 bridgehead atoms. The summed E-state index contributed by atoms with van der Waals surface area (Å²) in [5.41, 5.74) is 0.647. The van der Waals surface area contributed by atoms with E-state index in [-0.39, 0.29) is 6.42 Å². The van der Waals surface area contributed by atoms with Gasteiger partial charge in [-0.15, -0.1) is 0 Å². The molecule has 2 aromatic rings. The lowest BCUT2D eigenvalue weighted by Crippen LogP contribution is -2.06. The molecule has 6 heteroatoms. The molecule has 0 aliphatic rings. The van der Waals surface area contributed by atoms with Gasteiger partial charge in [0.25, 0.3) is 0 Å². The van der Waals surface area contributed by atoms with Crippen LogP contribution in [0.4, 0.5) is 13.2 Å². The molecule has 112 valence electrons. The van der Waals surface area contributed by atoms with Gasteiger partial charge in [0.05, 0.1) is 11.7 Å². The highest BCUT2D eigenvalue weighted by atomic mass is 79.9. The number of rotatable bonds is 3. The molecule has 0 saturated carbocycles. The van der Waals surface area contributed by atoms with Crippen LogP contribution in [0.1, 0.15) is 22.8 Å². The second-order valence-corrected chi connectivity index (χ2v) is 6.35. The van der Waals surface area contributed by atoms with Crippen LogP contribution in [0.15, 0.2) is 51.4 Å². The molecule has 0 fully saturated rings. The molecule has 21 heavy (non-hydrogen) atoms. The van der Waals surface area contributed by atoms with Gasteiger partial charge in [-0.1, -0.05) is 50.1 Å². The highest BCUT2D eigenvalue weighted by molar-refractivity contribution is 9.11. The lowest BCUT2D eigenvalue weighted by Gasteiger charge is -2.14. The first-order chi connectivity index (χ1) is 9.77. The maximum atomic E-state index is 12.5. The Balaban J connectivity index is 2.14. The van der Waals surface area contributed by atoms with Gasteiger partial charge >= 0.3 is 6.18 Å². The van der Waals surface area contributed by atoms with Crippen LogP contribution in [0, 0.1) is 0 Å². The lowest BCUT2D eigenvalue weighted by atomic mass is 10.0. The van der Waals surface area contributed by atoms with Crippen LogP contribution in [0.2, 0.25) is 0 Å². The van der Waals surface area contributed by atoms with Crippen LogP contribution >= 0.6 is 31.9 Å². The predicted molar refractivity (Wildman–Crippen MR) is 81.9 cm³/mol. The molecule has 0 spiro atoms. The van der Waals surface area contributed by atoms with Gasteiger partial charge in [0.1, 0.15) is 0 Å². The molecule has 0 aliphatic heterocycles. The molecule has 1 nitrogen and oxygen atoms in total. The van der Waals surface area contributed by atoms with Gasteiger partial charge in [0, 0.05) is 15.4 Å². The molecular formula is C15H11Br2F3O. The highest BCUT2D eigenvalue weighted by Gasteiger charge is 2.30. The standard InChI is InChI=1S/C15H11Br2F3O/c16-11-5-6-12(13(17)8-11)14(21)7-9-1-3-10(4-2-9)15(18,19)20/h1-6,8,14,21H,7H2. The van der Waals surface area contributed by atoms with E-state index in [1.807, 2.05) is 6.07 Å². The Kier molecular flexibility index (Phi) is 5.11. The normalized spacial score (nSPS) is 13.2. The summed E-state index contributed by atoms with van der Waals surface area (Å²) in [6, 6.07) is 10.2. The molecule has 0 heterocycles. The minimum atomic E-state index is -4.34. The number of benzene rings is 2. The maximum absolute atomic E-state index is 12.5. The molecule has 0 aliphatic carbocycles. The largest absolute Gasteiger partial charge is 0.416 e. The molecule has 0 radical (unpaired) electrons. The van der Waals surface area contributed by atoms with Crippen molar-refractivity contribution < 1.29 is 18.3 Å². The molecule has 0 aromatic heterocycles. The molecule has 1 unspecified atom stereocenters. The van der Waals surface area contributed by atoms with Crippen molar-refractivity contribution in [2.24, 2.45) is 0 Å². The Labute approximate surface area is 137 Å². The van der Waals surface area contributed by atoms with Crippen LogP contribution < -0.4 is 0 Å². The van der Waals surface area contributed by atoms with Gasteiger partial charge in [-0.3, -0.25) is 0 Å². The van der Waals surface area contributed by atoms with Crippen LogP contribution in [0.3, 0.4) is 0 Å². The minimum Gasteiger partial charge on any atom is -0.388 e. The third kappa shape index (κ3) is 4.31. The summed E-state index contributed by atoms with van der Waals surface area (Å²) in [6.07, 6.45) is -4.88. The van der Waals surface area contributed by atoms with Crippen molar-refractivity contribution in [2.45, 2.75) is 18.7 Å². The Morgan fingerprint density at radius 2 is 1.62 bits per heavy atom. The quantitative estimate of drug-likeness (QED) is 0.690. The smallest absolute Gasteiger partial charge is 0.388 e. The van der Waals surface area contributed by atoms with Crippen LogP contribution in [0.5, 0.6) is 0 Å². The van der Waals surface area contributed by atoms with Gasteiger partial charge in [-0.25, -0.2) is 0 Å². The van der Waals surface area contributed by atoms with Crippen LogP contribution in [0.25, 0.3) is 0 Å². The first-order valence-electron chi connectivity index (χ1n) is 6.06. The zero-order valence-electron chi connectivity index (χ0n) is 10.7. The fraction of sp³-hybridized carbons (Fsp3) is 0.200. The average molecular weight is 424 g/mol. The van der Waals surface area contributed by atoms with E-state index in [2.05, 4.69) is 31.9 Å². The zero-order valence-corrected chi connectivity index (χ0v) is 13.8. The minimum absolute atomic E-state index is 0.248. The summed E-state index contributed by atoms with van der Waals surface area (Å²) in [6.45, 7) is 0. The van der Waals surface area contributed by atoms with Crippen LogP contribution in [-0.2, 0) is 12.6 Å². The van der Waals surface area contributed by atoms with E-state index in [4.69, 9.17) is 0 Å². The Morgan fingerprint density at radius 3 is 2.14 bits per heavy atom. The molecule has 1 N–H and O–H groups in total. The first kappa shape index (κ1) is 16.5. The van der Waals surface area contributed by atoms with Crippen molar-refractivity contribution in [1.29, 1.82) is 0 Å². The second-order valence-electron chi connectivity index (χ2n) is 4.58. The SMILES string of the molecule is OC(Cc1ccc(C(F)(F)F)cc1)c1ccc(Br)cc1Br. The van der Waals surface area contributed by atoms with Crippen molar-refractivity contribution in [3.63, 3.8) is 0 Å². The molecule has 0 saturated heterocycles. The van der Waals surface area contributed by atoms with Gasteiger partial charge < -0.3 is 5.11 Å². The van der Waals surface area contributed by atoms with Crippen molar-refractivity contribution in [2.75, 3.05) is 0 Å². The Bertz CT molecular complexity index is 624. The highest BCUT2D eigenvalue weighted by Crippen LogP contribution is 2.31. The van der Waals surface area contributed by atoms with E-state index in [1.165, 1.54) is 12.1 Å². The number of alkyl halides is 3. The van der Waals surface area contributed by atoms with Crippen molar-refractivity contribution in [3.8, 4) is 0 Å². The number of hydrogen-bond donors (Lipinski definition) is 1. The van der Waals surface area contributed by atoms with Crippen LogP contribution in [-0.4, -0.2) is 5.11 Å². The molecule has 0 amide bonds. The zero-order chi connectivity index (χ0) is 15.6. The summed E-state index contributed by atoms with van der Waals surface area (Å²) in [5, 5.41) is 10.2. The molecule has 2 aromatic carbocycles. The summed E-state index contributed by atoms with van der Waals surface area (Å²) in [5.74, 6) is 0. The first-order valence-corrected chi connectivity index (χ1v) is 7.65. The fourth-order valence-electron chi connectivity index (χ4n) is 1.93. The van der Waals surface area contributed by atoms with E-state index >= 15 is 0 Å². The number of aliphatic hydroxyl groups excluding tert-OH is 1.